The van der Waals surface area contributed by atoms with Gasteiger partial charge in [0.1, 0.15) is 17.2 Å². The first-order chi connectivity index (χ1) is 12.0. The van der Waals surface area contributed by atoms with Crippen LogP contribution in [-0.2, 0) is 11.2 Å². The Labute approximate surface area is 148 Å². The van der Waals surface area contributed by atoms with Crippen LogP contribution in [-0.4, -0.2) is 31.4 Å². The molecule has 5 heteroatoms. The van der Waals surface area contributed by atoms with Crippen molar-refractivity contribution < 1.29 is 24.1 Å². The molecule has 2 aromatic rings. The number of ether oxygens (including phenoxy) is 3. The molecule has 0 saturated heterocycles. The summed E-state index contributed by atoms with van der Waals surface area (Å²) in [6, 6.07) is 12.8. The summed E-state index contributed by atoms with van der Waals surface area (Å²) in [4.78, 5) is 11.7. The number of hydrogen-bond acceptors (Lipinski definition) is 4. The van der Waals surface area contributed by atoms with Gasteiger partial charge in [-0.25, -0.2) is 4.79 Å². The maximum absolute atomic E-state index is 11.7. The van der Waals surface area contributed by atoms with Gasteiger partial charge in [0, 0.05) is 12.0 Å². The summed E-state index contributed by atoms with van der Waals surface area (Å²) in [5, 5.41) is 9.62. The zero-order valence-corrected chi connectivity index (χ0v) is 15.0. The van der Waals surface area contributed by atoms with Gasteiger partial charge in [-0.1, -0.05) is 32.0 Å². The maximum atomic E-state index is 11.7. The highest BCUT2D eigenvalue weighted by Gasteiger charge is 2.23. The zero-order valence-electron chi connectivity index (χ0n) is 15.0. The molecule has 134 valence electrons. The number of carboxylic acids is 1. The van der Waals surface area contributed by atoms with Crippen LogP contribution in [0.5, 0.6) is 17.2 Å². The van der Waals surface area contributed by atoms with Crippen molar-refractivity contribution in [2.45, 2.75) is 32.3 Å². The summed E-state index contributed by atoms with van der Waals surface area (Å²) in [5.74, 6) is 1.04. The summed E-state index contributed by atoms with van der Waals surface area (Å²) < 4.78 is 16.4. The van der Waals surface area contributed by atoms with Gasteiger partial charge in [-0.15, -0.1) is 0 Å². The Hall–Kier alpha value is -2.69. The average Bonchev–Trinajstić information content (AvgIpc) is 2.61. The van der Waals surface area contributed by atoms with Crippen molar-refractivity contribution in [3.63, 3.8) is 0 Å². The molecule has 0 unspecified atom stereocenters. The van der Waals surface area contributed by atoms with Crippen LogP contribution >= 0.6 is 0 Å². The first-order valence-corrected chi connectivity index (χ1v) is 8.15. The molecule has 0 radical (unpaired) electrons. The molecule has 0 bridgehead atoms. The molecule has 0 aliphatic rings. The number of carbonyl (C=O) groups is 1. The van der Waals surface area contributed by atoms with Crippen molar-refractivity contribution in [3.8, 4) is 17.2 Å². The fourth-order valence-electron chi connectivity index (χ4n) is 2.64. The number of rotatable bonds is 8. The smallest absolute Gasteiger partial charge is 0.345 e. The summed E-state index contributed by atoms with van der Waals surface area (Å²) in [5.41, 5.74) is 1.70. The topological polar surface area (TPSA) is 65.0 Å². The van der Waals surface area contributed by atoms with Crippen LogP contribution in [0.1, 0.15) is 30.9 Å². The van der Waals surface area contributed by atoms with Crippen molar-refractivity contribution in [3.05, 3.63) is 53.6 Å². The Kier molecular flexibility index (Phi) is 6.28. The molecule has 0 saturated carbocycles. The van der Waals surface area contributed by atoms with Crippen molar-refractivity contribution in [2.24, 2.45) is 0 Å². The van der Waals surface area contributed by atoms with Crippen LogP contribution in [0.2, 0.25) is 0 Å². The zero-order chi connectivity index (χ0) is 18.4. The molecule has 0 aliphatic heterocycles. The third-order valence-electron chi connectivity index (χ3n) is 3.98. The number of para-hydroxylation sites is 1. The molecule has 0 heterocycles. The molecule has 2 aromatic carbocycles. The van der Waals surface area contributed by atoms with Crippen LogP contribution in [0.4, 0.5) is 0 Å². The van der Waals surface area contributed by atoms with Gasteiger partial charge in [0.25, 0.3) is 0 Å². The van der Waals surface area contributed by atoms with E-state index < -0.39 is 12.1 Å². The lowest BCUT2D eigenvalue weighted by atomic mass is 10.0. The molecule has 25 heavy (non-hydrogen) atoms. The van der Waals surface area contributed by atoms with Gasteiger partial charge in [-0.05, 0) is 35.7 Å². The van der Waals surface area contributed by atoms with E-state index in [1.165, 1.54) is 0 Å². The van der Waals surface area contributed by atoms with Gasteiger partial charge < -0.3 is 19.3 Å². The molecule has 0 spiro atoms. The normalized spacial score (nSPS) is 11.9. The number of methoxy groups -OCH3 is 2. The first-order valence-electron chi connectivity index (χ1n) is 8.15. The van der Waals surface area contributed by atoms with Crippen molar-refractivity contribution in [1.29, 1.82) is 0 Å². The van der Waals surface area contributed by atoms with E-state index in [4.69, 9.17) is 14.2 Å². The molecule has 2 rings (SSSR count). The van der Waals surface area contributed by atoms with Gasteiger partial charge in [0.05, 0.1) is 14.2 Å². The molecule has 5 nitrogen and oxygen atoms in total. The molecule has 1 atom stereocenters. The number of carboxylic acid groups (broad SMARTS) is 1. The predicted molar refractivity (Wildman–Crippen MR) is 95.8 cm³/mol. The fourth-order valence-corrected chi connectivity index (χ4v) is 2.64. The minimum atomic E-state index is -1.03. The fraction of sp³-hybridized carbons (Fsp3) is 0.350. The van der Waals surface area contributed by atoms with Gasteiger partial charge in [0.15, 0.2) is 6.10 Å². The average molecular weight is 344 g/mol. The number of aliphatic carboxylic acids is 1. The quantitative estimate of drug-likeness (QED) is 0.787. The van der Waals surface area contributed by atoms with Gasteiger partial charge in [-0.2, -0.15) is 0 Å². The maximum Gasteiger partial charge on any atom is 0.345 e. The third-order valence-corrected chi connectivity index (χ3v) is 3.98. The lowest BCUT2D eigenvalue weighted by molar-refractivity contribution is -0.145. The second-order valence-corrected chi connectivity index (χ2v) is 6.02. The predicted octanol–water partition coefficient (Wildman–Crippen LogP) is 3.90. The van der Waals surface area contributed by atoms with Crippen LogP contribution in [0.15, 0.2) is 42.5 Å². The molecule has 0 amide bonds. The number of benzene rings is 2. The van der Waals surface area contributed by atoms with E-state index in [0.717, 1.165) is 11.1 Å². The highest BCUT2D eigenvalue weighted by molar-refractivity contribution is 5.73. The summed E-state index contributed by atoms with van der Waals surface area (Å²) in [6.07, 6.45) is -0.858. The van der Waals surface area contributed by atoms with E-state index in [1.807, 2.05) is 32.0 Å². The molecule has 1 N–H and O–H groups in total. The van der Waals surface area contributed by atoms with Crippen LogP contribution in [0, 0.1) is 0 Å². The SMILES string of the molecule is COc1ccc(OC)c(C[C@H](Oc2ccccc2C(C)C)C(=O)O)c1. The van der Waals surface area contributed by atoms with Gasteiger partial charge >= 0.3 is 5.97 Å². The Morgan fingerprint density at radius 2 is 1.76 bits per heavy atom. The first kappa shape index (κ1) is 18.6. The molecular formula is C20H24O5. The Bertz CT molecular complexity index is 724. The molecule has 0 fully saturated rings. The minimum Gasteiger partial charge on any atom is -0.497 e. The van der Waals surface area contributed by atoms with E-state index in [2.05, 4.69) is 0 Å². The van der Waals surface area contributed by atoms with E-state index in [1.54, 1.807) is 38.5 Å². The van der Waals surface area contributed by atoms with Crippen molar-refractivity contribution in [1.82, 2.24) is 0 Å². The lowest BCUT2D eigenvalue weighted by Crippen LogP contribution is -2.30. The van der Waals surface area contributed by atoms with E-state index in [0.29, 0.717) is 17.2 Å². The monoisotopic (exact) mass is 344 g/mol. The second-order valence-electron chi connectivity index (χ2n) is 6.02. The highest BCUT2D eigenvalue weighted by atomic mass is 16.5. The minimum absolute atomic E-state index is 0.169. The Morgan fingerprint density at radius 1 is 1.04 bits per heavy atom. The lowest BCUT2D eigenvalue weighted by Gasteiger charge is -2.20. The standard InChI is InChI=1S/C20H24O5/c1-13(2)16-7-5-6-8-18(16)25-19(20(21)22)12-14-11-15(23-3)9-10-17(14)24-4/h5-11,13,19H,12H2,1-4H3,(H,21,22)/t19-/m0/s1. The molecular weight excluding hydrogens is 320 g/mol. The summed E-state index contributed by atoms with van der Waals surface area (Å²) in [6.45, 7) is 4.09. The van der Waals surface area contributed by atoms with E-state index in [-0.39, 0.29) is 12.3 Å². The molecule has 0 aromatic heterocycles. The van der Waals surface area contributed by atoms with Crippen molar-refractivity contribution >= 4 is 5.97 Å². The van der Waals surface area contributed by atoms with Crippen LogP contribution < -0.4 is 14.2 Å². The van der Waals surface area contributed by atoms with Gasteiger partial charge in [0.2, 0.25) is 0 Å². The largest absolute Gasteiger partial charge is 0.497 e. The third kappa shape index (κ3) is 4.66. The highest BCUT2D eigenvalue weighted by Crippen LogP contribution is 2.29. The summed E-state index contributed by atoms with van der Waals surface area (Å²) >= 11 is 0. The Morgan fingerprint density at radius 3 is 2.36 bits per heavy atom. The number of hydrogen-bond donors (Lipinski definition) is 1. The van der Waals surface area contributed by atoms with Gasteiger partial charge in [-0.3, -0.25) is 0 Å². The molecule has 0 aliphatic carbocycles. The Balaban J connectivity index is 2.30. The summed E-state index contributed by atoms with van der Waals surface area (Å²) in [7, 11) is 3.12. The second kappa shape index (κ2) is 8.42. The van der Waals surface area contributed by atoms with Crippen molar-refractivity contribution in [2.75, 3.05) is 14.2 Å². The van der Waals surface area contributed by atoms with Crippen LogP contribution in [0.25, 0.3) is 0 Å². The van der Waals surface area contributed by atoms with E-state index in [9.17, 15) is 9.90 Å². The van der Waals surface area contributed by atoms with E-state index >= 15 is 0 Å². The van der Waals surface area contributed by atoms with Crippen LogP contribution in [0.3, 0.4) is 0 Å².